The predicted octanol–water partition coefficient (Wildman–Crippen LogP) is 2.97. The number of alkyl halides is 2. The smallest absolute Gasteiger partial charge is 0.248 e. The van der Waals surface area contributed by atoms with E-state index in [0.29, 0.717) is 19.6 Å². The van der Waals surface area contributed by atoms with E-state index in [2.05, 4.69) is 12.2 Å². The molecule has 100 valence electrons. The largest absolute Gasteiger partial charge is 0.380 e. The monoisotopic (exact) mass is 247 g/mol. The molecule has 1 N–H and O–H groups in total. The molecule has 1 saturated heterocycles. The van der Waals surface area contributed by atoms with E-state index < -0.39 is 5.92 Å². The molecule has 2 rings (SSSR count). The van der Waals surface area contributed by atoms with Crippen molar-refractivity contribution in [2.45, 2.75) is 56.9 Å². The molecule has 0 aromatic rings. The lowest BCUT2D eigenvalue weighted by Gasteiger charge is -2.37. The van der Waals surface area contributed by atoms with Gasteiger partial charge >= 0.3 is 0 Å². The maximum absolute atomic E-state index is 13.3. The first kappa shape index (κ1) is 13.2. The van der Waals surface area contributed by atoms with Crippen LogP contribution in [0.5, 0.6) is 0 Å². The second kappa shape index (κ2) is 5.19. The zero-order valence-electron chi connectivity index (χ0n) is 10.6. The van der Waals surface area contributed by atoms with Crippen LogP contribution in [0.3, 0.4) is 0 Å². The Morgan fingerprint density at radius 3 is 2.76 bits per heavy atom. The Morgan fingerprint density at radius 2 is 2.12 bits per heavy atom. The fourth-order valence-corrected chi connectivity index (χ4v) is 2.91. The van der Waals surface area contributed by atoms with Gasteiger partial charge in [0.25, 0.3) is 0 Å². The van der Waals surface area contributed by atoms with E-state index in [0.717, 1.165) is 25.9 Å². The van der Waals surface area contributed by atoms with Crippen LogP contribution in [0.1, 0.15) is 45.4 Å². The highest BCUT2D eigenvalue weighted by molar-refractivity contribution is 4.88. The van der Waals surface area contributed by atoms with E-state index in [4.69, 9.17) is 4.74 Å². The van der Waals surface area contributed by atoms with E-state index in [9.17, 15) is 8.78 Å². The molecule has 2 fully saturated rings. The summed E-state index contributed by atoms with van der Waals surface area (Å²) >= 11 is 0. The maximum Gasteiger partial charge on any atom is 0.248 e. The van der Waals surface area contributed by atoms with Gasteiger partial charge in [-0.15, -0.1) is 0 Å². The lowest BCUT2D eigenvalue weighted by Crippen LogP contribution is -2.51. The van der Waals surface area contributed by atoms with Gasteiger partial charge in [-0.1, -0.05) is 0 Å². The number of hydrogen-bond acceptors (Lipinski definition) is 2. The third-order valence-corrected chi connectivity index (χ3v) is 4.00. The van der Waals surface area contributed by atoms with Gasteiger partial charge in [-0.2, -0.15) is 0 Å². The molecular weight excluding hydrogens is 224 g/mol. The number of halogens is 2. The van der Waals surface area contributed by atoms with Crippen LogP contribution in [0, 0.1) is 5.92 Å². The molecule has 1 aliphatic carbocycles. The van der Waals surface area contributed by atoms with Crippen LogP contribution in [-0.4, -0.2) is 31.2 Å². The Balaban J connectivity index is 1.77. The van der Waals surface area contributed by atoms with Gasteiger partial charge in [0, 0.05) is 25.0 Å². The minimum atomic E-state index is -2.44. The number of rotatable bonds is 3. The van der Waals surface area contributed by atoms with E-state index in [-0.39, 0.29) is 24.3 Å². The summed E-state index contributed by atoms with van der Waals surface area (Å²) in [5, 5.41) is 3.45. The SMILES string of the molecule is CC1(NCC2CCCC(F)(F)C2)CCCOC1. The Kier molecular flexibility index (Phi) is 4.03. The van der Waals surface area contributed by atoms with Gasteiger partial charge in [0.05, 0.1) is 6.61 Å². The van der Waals surface area contributed by atoms with Crippen molar-refractivity contribution in [3.8, 4) is 0 Å². The average molecular weight is 247 g/mol. The summed E-state index contributed by atoms with van der Waals surface area (Å²) in [7, 11) is 0. The van der Waals surface area contributed by atoms with Gasteiger partial charge in [-0.3, -0.25) is 0 Å². The summed E-state index contributed by atoms with van der Waals surface area (Å²) in [5.74, 6) is -2.31. The number of hydrogen-bond donors (Lipinski definition) is 1. The maximum atomic E-state index is 13.3. The lowest BCUT2D eigenvalue weighted by atomic mass is 9.85. The normalized spacial score (nSPS) is 37.9. The van der Waals surface area contributed by atoms with Crippen LogP contribution in [0.4, 0.5) is 8.78 Å². The van der Waals surface area contributed by atoms with Crippen LogP contribution >= 0.6 is 0 Å². The summed E-state index contributed by atoms with van der Waals surface area (Å²) in [6.07, 6.45) is 3.85. The third kappa shape index (κ3) is 3.88. The van der Waals surface area contributed by atoms with Crippen molar-refractivity contribution < 1.29 is 13.5 Å². The van der Waals surface area contributed by atoms with Crippen LogP contribution in [0.2, 0.25) is 0 Å². The first-order chi connectivity index (χ1) is 7.99. The molecular formula is C13H23F2NO. The molecule has 1 heterocycles. The van der Waals surface area contributed by atoms with Crippen molar-refractivity contribution in [3.63, 3.8) is 0 Å². The fourth-order valence-electron chi connectivity index (χ4n) is 2.91. The van der Waals surface area contributed by atoms with Gasteiger partial charge in [-0.25, -0.2) is 8.78 Å². The molecule has 0 bridgehead atoms. The Labute approximate surface area is 102 Å². The molecule has 2 nitrogen and oxygen atoms in total. The van der Waals surface area contributed by atoms with Crippen molar-refractivity contribution in [1.29, 1.82) is 0 Å². The summed E-state index contributed by atoms with van der Waals surface area (Å²) in [6, 6.07) is 0. The van der Waals surface area contributed by atoms with E-state index in [1.165, 1.54) is 0 Å². The van der Waals surface area contributed by atoms with Gasteiger partial charge < -0.3 is 10.1 Å². The highest BCUT2D eigenvalue weighted by Crippen LogP contribution is 2.36. The molecule has 17 heavy (non-hydrogen) atoms. The summed E-state index contributed by atoms with van der Waals surface area (Å²) in [6.45, 7) is 4.37. The van der Waals surface area contributed by atoms with Crippen LogP contribution in [-0.2, 0) is 4.74 Å². The van der Waals surface area contributed by atoms with Crippen molar-refractivity contribution in [2.75, 3.05) is 19.8 Å². The Hall–Kier alpha value is -0.220. The molecule has 0 aromatic heterocycles. The zero-order chi connectivity index (χ0) is 12.4. The average Bonchev–Trinajstić information content (AvgIpc) is 2.26. The van der Waals surface area contributed by atoms with Crippen molar-refractivity contribution in [1.82, 2.24) is 5.32 Å². The van der Waals surface area contributed by atoms with Crippen molar-refractivity contribution >= 4 is 0 Å². The topological polar surface area (TPSA) is 21.3 Å². The molecule has 1 aliphatic heterocycles. The number of nitrogens with one attached hydrogen (secondary N) is 1. The van der Waals surface area contributed by atoms with Gasteiger partial charge in [0.1, 0.15) is 0 Å². The quantitative estimate of drug-likeness (QED) is 0.828. The van der Waals surface area contributed by atoms with Gasteiger partial charge in [-0.05, 0) is 45.1 Å². The van der Waals surface area contributed by atoms with E-state index >= 15 is 0 Å². The number of ether oxygens (including phenoxy) is 1. The van der Waals surface area contributed by atoms with Gasteiger partial charge in [0.2, 0.25) is 5.92 Å². The minimum absolute atomic E-state index is 0.00895. The molecule has 4 heteroatoms. The van der Waals surface area contributed by atoms with Crippen LogP contribution < -0.4 is 5.32 Å². The van der Waals surface area contributed by atoms with E-state index in [1.54, 1.807) is 0 Å². The molecule has 0 amide bonds. The fraction of sp³-hybridized carbons (Fsp3) is 1.00. The highest BCUT2D eigenvalue weighted by atomic mass is 19.3. The first-order valence-corrected chi connectivity index (χ1v) is 6.70. The molecule has 1 saturated carbocycles. The molecule has 2 aliphatic rings. The minimum Gasteiger partial charge on any atom is -0.380 e. The highest BCUT2D eigenvalue weighted by Gasteiger charge is 2.37. The molecule has 0 radical (unpaired) electrons. The molecule has 2 unspecified atom stereocenters. The van der Waals surface area contributed by atoms with Gasteiger partial charge in [0.15, 0.2) is 0 Å². The first-order valence-electron chi connectivity index (χ1n) is 6.70. The van der Waals surface area contributed by atoms with Crippen molar-refractivity contribution in [3.05, 3.63) is 0 Å². The predicted molar refractivity (Wildman–Crippen MR) is 63.4 cm³/mol. The zero-order valence-corrected chi connectivity index (χ0v) is 10.6. The summed E-state index contributed by atoms with van der Waals surface area (Å²) in [5.41, 5.74) is -0.00895. The summed E-state index contributed by atoms with van der Waals surface area (Å²) < 4.78 is 32.0. The lowest BCUT2D eigenvalue weighted by molar-refractivity contribution is -0.0545. The molecule has 0 aromatic carbocycles. The Bertz CT molecular complexity index is 252. The Morgan fingerprint density at radius 1 is 1.29 bits per heavy atom. The standard InChI is InChI=1S/C13H23F2NO/c1-12(5-3-7-17-10-12)16-9-11-4-2-6-13(14,15)8-11/h11,16H,2-10H2,1H3. The van der Waals surface area contributed by atoms with Crippen LogP contribution in [0.25, 0.3) is 0 Å². The third-order valence-electron chi connectivity index (χ3n) is 4.00. The van der Waals surface area contributed by atoms with Crippen LogP contribution in [0.15, 0.2) is 0 Å². The second-order valence-corrected chi connectivity index (χ2v) is 5.92. The second-order valence-electron chi connectivity index (χ2n) is 5.92. The van der Waals surface area contributed by atoms with E-state index in [1.807, 2.05) is 0 Å². The summed E-state index contributed by atoms with van der Waals surface area (Å²) in [4.78, 5) is 0. The molecule has 0 spiro atoms. The van der Waals surface area contributed by atoms with Crippen molar-refractivity contribution in [2.24, 2.45) is 5.92 Å². The molecule has 2 atom stereocenters.